The van der Waals surface area contributed by atoms with Gasteiger partial charge in [0, 0.05) is 32.6 Å². The summed E-state index contributed by atoms with van der Waals surface area (Å²) in [5, 5.41) is 6.30. The van der Waals surface area contributed by atoms with Crippen LogP contribution in [0.15, 0.2) is 59.1 Å². The zero-order chi connectivity index (χ0) is 34.4. The first-order valence-corrected chi connectivity index (χ1v) is 15.7. The van der Waals surface area contributed by atoms with Crippen LogP contribution in [0.25, 0.3) is 0 Å². The van der Waals surface area contributed by atoms with E-state index in [0.717, 1.165) is 22.6 Å². The Morgan fingerprint density at radius 1 is 1.00 bits per heavy atom. The second kappa shape index (κ2) is 15.1. The smallest absolute Gasteiger partial charge is 0.379 e. The van der Waals surface area contributed by atoms with Gasteiger partial charge < -0.3 is 19.5 Å². The number of morpholine rings is 1. The highest BCUT2D eigenvalue weighted by Crippen LogP contribution is 2.30. The maximum Gasteiger partial charge on any atom is 0.416 e. The fraction of sp³-hybridized carbons (Fsp3) is 0.455. The molecule has 3 heterocycles. The van der Waals surface area contributed by atoms with Crippen molar-refractivity contribution in [1.82, 2.24) is 30.2 Å². The van der Waals surface area contributed by atoms with E-state index in [9.17, 15) is 32.3 Å². The molecular weight excluding hydrogens is 633 g/mol. The molecule has 2 atom stereocenters. The summed E-state index contributed by atoms with van der Waals surface area (Å²) < 4.78 is 49.9. The molecule has 2 aromatic carbocycles. The van der Waals surface area contributed by atoms with E-state index in [4.69, 9.17) is 9.26 Å². The van der Waals surface area contributed by atoms with Crippen LogP contribution >= 0.6 is 0 Å². The number of ether oxygens (including phenoxy) is 1. The summed E-state index contributed by atoms with van der Waals surface area (Å²) >= 11 is 0. The summed E-state index contributed by atoms with van der Waals surface area (Å²) in [6.45, 7) is 6.19. The minimum atomic E-state index is -4.52. The van der Waals surface area contributed by atoms with Crippen molar-refractivity contribution in [3.8, 4) is 0 Å². The number of ketones is 1. The summed E-state index contributed by atoms with van der Waals surface area (Å²) in [5.41, 5.74) is 0.287. The first-order valence-electron chi connectivity index (χ1n) is 15.7. The van der Waals surface area contributed by atoms with Crippen molar-refractivity contribution in [2.45, 2.75) is 44.9 Å². The third-order valence-electron chi connectivity index (χ3n) is 8.30. The van der Waals surface area contributed by atoms with Crippen LogP contribution < -0.4 is 5.32 Å². The molecule has 12 nitrogen and oxygen atoms in total. The van der Waals surface area contributed by atoms with Gasteiger partial charge in [-0.05, 0) is 23.1 Å². The van der Waals surface area contributed by atoms with Crippen LogP contribution in [0.2, 0.25) is 0 Å². The number of rotatable bonds is 13. The van der Waals surface area contributed by atoms with Gasteiger partial charge in [0.25, 0.3) is 5.91 Å². The normalized spacial score (nSPS) is 18.1. The van der Waals surface area contributed by atoms with Crippen LogP contribution in [-0.4, -0.2) is 106 Å². The molecule has 3 aromatic rings. The van der Waals surface area contributed by atoms with Gasteiger partial charge >= 0.3 is 12.2 Å². The summed E-state index contributed by atoms with van der Waals surface area (Å²) in [6, 6.07) is 11.4. The predicted octanol–water partition coefficient (Wildman–Crippen LogP) is 3.21. The number of nitrogens with one attached hydrogen (secondary N) is 1. The minimum absolute atomic E-state index is 0.0820. The molecule has 2 aliphatic rings. The number of halogens is 3. The van der Waals surface area contributed by atoms with E-state index in [1.54, 1.807) is 13.8 Å². The molecule has 0 saturated carbocycles. The lowest BCUT2D eigenvalue weighted by Gasteiger charge is -2.29. The van der Waals surface area contributed by atoms with Gasteiger partial charge in [-0.2, -0.15) is 18.2 Å². The van der Waals surface area contributed by atoms with E-state index >= 15 is 0 Å². The van der Waals surface area contributed by atoms with E-state index < -0.39 is 59.9 Å². The molecule has 2 aliphatic heterocycles. The van der Waals surface area contributed by atoms with Crippen LogP contribution in [0.1, 0.15) is 47.0 Å². The maximum absolute atomic E-state index is 13.6. The fourth-order valence-corrected chi connectivity index (χ4v) is 5.70. The van der Waals surface area contributed by atoms with Crippen LogP contribution in [-0.2, 0) is 33.3 Å². The highest BCUT2D eigenvalue weighted by Gasteiger charge is 2.46. The van der Waals surface area contributed by atoms with Crippen molar-refractivity contribution in [2.24, 2.45) is 5.92 Å². The van der Waals surface area contributed by atoms with Crippen molar-refractivity contribution in [1.29, 1.82) is 0 Å². The summed E-state index contributed by atoms with van der Waals surface area (Å²) in [6.07, 6.45) is -4.39. The van der Waals surface area contributed by atoms with E-state index in [0.29, 0.717) is 32.8 Å². The molecule has 4 amide bonds. The molecule has 1 N–H and O–H groups in total. The van der Waals surface area contributed by atoms with E-state index in [1.807, 2.05) is 30.3 Å². The molecule has 15 heteroatoms. The molecule has 0 spiro atoms. The second-order valence-corrected chi connectivity index (χ2v) is 12.1. The predicted molar refractivity (Wildman–Crippen MR) is 165 cm³/mol. The fourth-order valence-electron chi connectivity index (χ4n) is 5.70. The van der Waals surface area contributed by atoms with Gasteiger partial charge in [0.15, 0.2) is 0 Å². The molecule has 1 aromatic heterocycles. The Hall–Kier alpha value is -4.63. The number of alkyl halides is 3. The quantitative estimate of drug-likeness (QED) is 0.215. The number of benzene rings is 2. The molecule has 256 valence electrons. The number of aromatic nitrogens is 2. The third kappa shape index (κ3) is 8.44. The molecule has 2 fully saturated rings. The highest BCUT2D eigenvalue weighted by molar-refractivity contribution is 6.07. The number of nitrogens with zero attached hydrogens (tertiary/aromatic N) is 5. The molecule has 5 rings (SSSR count). The second-order valence-electron chi connectivity index (χ2n) is 12.1. The Morgan fingerprint density at radius 2 is 1.71 bits per heavy atom. The van der Waals surface area contributed by atoms with Gasteiger partial charge in [-0.3, -0.25) is 24.2 Å². The molecule has 0 unspecified atom stereocenters. The number of hydrogen-bond donors (Lipinski definition) is 1. The maximum atomic E-state index is 13.6. The Balaban J connectivity index is 1.25. The summed E-state index contributed by atoms with van der Waals surface area (Å²) in [5.74, 6) is -2.82. The third-order valence-corrected chi connectivity index (χ3v) is 8.30. The Kier molecular flexibility index (Phi) is 10.9. The summed E-state index contributed by atoms with van der Waals surface area (Å²) in [4.78, 5) is 62.4. The van der Waals surface area contributed by atoms with Crippen molar-refractivity contribution in [3.05, 3.63) is 83.0 Å². The van der Waals surface area contributed by atoms with Crippen molar-refractivity contribution < 1.29 is 41.6 Å². The Bertz CT molecular complexity index is 1610. The molecule has 0 bridgehead atoms. The minimum Gasteiger partial charge on any atom is -0.379 e. The van der Waals surface area contributed by atoms with Gasteiger partial charge in [-0.25, -0.2) is 4.79 Å². The zero-order valence-electron chi connectivity index (χ0n) is 26.6. The lowest BCUT2D eigenvalue weighted by molar-refractivity contribution is -0.137. The first kappa shape index (κ1) is 34.7. The highest BCUT2D eigenvalue weighted by atomic mass is 19.4. The number of hydrogen-bond acceptors (Lipinski definition) is 9. The molecule has 48 heavy (non-hydrogen) atoms. The molecule has 0 aliphatic carbocycles. The number of imide groups is 1. The van der Waals surface area contributed by atoms with Crippen LogP contribution in [0.3, 0.4) is 0 Å². The molecular formula is C33H37F3N6O6. The van der Waals surface area contributed by atoms with Gasteiger partial charge in [0.1, 0.15) is 12.6 Å². The van der Waals surface area contributed by atoms with Crippen molar-refractivity contribution in [2.75, 3.05) is 45.9 Å². The van der Waals surface area contributed by atoms with Crippen LogP contribution in [0, 0.1) is 5.92 Å². The lowest BCUT2D eigenvalue weighted by atomic mass is 9.99. The topological polar surface area (TPSA) is 138 Å². The number of carbonyl (C=O) groups is 4. The van der Waals surface area contributed by atoms with Crippen LogP contribution in [0.4, 0.5) is 18.0 Å². The van der Waals surface area contributed by atoms with Crippen LogP contribution in [0.5, 0.6) is 0 Å². The van der Waals surface area contributed by atoms with Gasteiger partial charge in [0.05, 0.1) is 31.2 Å². The lowest BCUT2D eigenvalue weighted by Crippen LogP contribution is -2.49. The standard InChI is InChI=1S/C33H37F3N6O6/c1-21(2)28(29(44)30-38-27(48-39-30)19-23-9-6-10-24(17-23)33(34,35)36)37-26(43)20-42-31(45)25(18-22-7-4-3-5-8-22)41(32(42)46)12-11-40-13-15-47-16-14-40/h3-10,17,21,25,28H,11-16,18-20H2,1-2H3,(H,37,43)/t25-,28+/m1/s1. The van der Waals surface area contributed by atoms with E-state index in [-0.39, 0.29) is 36.7 Å². The summed E-state index contributed by atoms with van der Waals surface area (Å²) in [7, 11) is 0. The Labute approximate surface area is 275 Å². The van der Waals surface area contributed by atoms with E-state index in [1.165, 1.54) is 17.0 Å². The number of urea groups is 1. The van der Waals surface area contributed by atoms with Gasteiger partial charge in [-0.1, -0.05) is 67.5 Å². The first-order chi connectivity index (χ1) is 22.9. The van der Waals surface area contributed by atoms with Crippen molar-refractivity contribution >= 4 is 23.6 Å². The molecule has 0 radical (unpaired) electrons. The average molecular weight is 671 g/mol. The number of amides is 4. The van der Waals surface area contributed by atoms with Crippen molar-refractivity contribution in [3.63, 3.8) is 0 Å². The average Bonchev–Trinajstić information content (AvgIpc) is 3.61. The SMILES string of the molecule is CC(C)[C@H](NC(=O)CN1C(=O)[C@@H](Cc2ccccc2)N(CCN2CCOCC2)C1=O)C(=O)c1noc(Cc2cccc(C(F)(F)F)c2)n1. The van der Waals surface area contributed by atoms with Gasteiger partial charge in [0.2, 0.25) is 23.4 Å². The largest absolute Gasteiger partial charge is 0.416 e. The Morgan fingerprint density at radius 3 is 2.40 bits per heavy atom. The van der Waals surface area contributed by atoms with E-state index in [2.05, 4.69) is 20.4 Å². The molecule has 2 saturated heterocycles. The number of carbonyl (C=O) groups excluding carboxylic acids is 4. The monoisotopic (exact) mass is 670 g/mol. The van der Waals surface area contributed by atoms with Gasteiger partial charge in [-0.15, -0.1) is 0 Å². The zero-order valence-corrected chi connectivity index (χ0v) is 26.6. The number of Topliss-reactive ketones (excluding diaryl/α,β-unsaturated/α-hetero) is 1.